The van der Waals surface area contributed by atoms with Crippen LogP contribution in [0.3, 0.4) is 0 Å². The van der Waals surface area contributed by atoms with E-state index in [1.807, 2.05) is 0 Å². The number of hydrogen-bond acceptors (Lipinski definition) is 1. The predicted octanol–water partition coefficient (Wildman–Crippen LogP) is 2.90. The second kappa shape index (κ2) is 3.70. The Morgan fingerprint density at radius 1 is 1.25 bits per heavy atom. The summed E-state index contributed by atoms with van der Waals surface area (Å²) in [4.78, 5) is 4.47. The van der Waals surface area contributed by atoms with Crippen molar-refractivity contribution in [2.75, 3.05) is 0 Å². The Bertz CT molecular complexity index is 243. The number of pyridine rings is 1. The van der Waals surface area contributed by atoms with Crippen LogP contribution in [0.1, 0.15) is 30.8 Å². The van der Waals surface area contributed by atoms with Crippen LogP contribution in [-0.4, -0.2) is 4.98 Å². The molecule has 1 nitrogen and oxygen atoms in total. The first-order valence-electron chi connectivity index (χ1n) is 4.52. The first-order valence-corrected chi connectivity index (χ1v) is 4.52. The molecular formula is C11H17N. The van der Waals surface area contributed by atoms with Crippen molar-refractivity contribution in [2.45, 2.75) is 34.1 Å². The van der Waals surface area contributed by atoms with Crippen molar-refractivity contribution < 1.29 is 0 Å². The van der Waals surface area contributed by atoms with E-state index in [0.717, 1.165) is 12.1 Å². The van der Waals surface area contributed by atoms with Crippen LogP contribution in [0, 0.1) is 19.8 Å². The topological polar surface area (TPSA) is 12.9 Å². The largest absolute Gasteiger partial charge is 0.258 e. The van der Waals surface area contributed by atoms with Crippen LogP contribution >= 0.6 is 0 Å². The van der Waals surface area contributed by atoms with Crippen molar-refractivity contribution in [1.29, 1.82) is 0 Å². The minimum absolute atomic E-state index is 0.693. The third kappa shape index (κ3) is 2.65. The van der Waals surface area contributed by atoms with Gasteiger partial charge in [0, 0.05) is 11.4 Å². The molecule has 12 heavy (non-hydrogen) atoms. The van der Waals surface area contributed by atoms with E-state index in [-0.39, 0.29) is 0 Å². The molecule has 0 radical (unpaired) electrons. The Morgan fingerprint density at radius 2 is 1.92 bits per heavy atom. The highest BCUT2D eigenvalue weighted by atomic mass is 14.7. The van der Waals surface area contributed by atoms with Gasteiger partial charge in [0.2, 0.25) is 0 Å². The smallest absolute Gasteiger partial charge is 0.0412 e. The number of rotatable bonds is 2. The molecular weight excluding hydrogens is 146 g/mol. The Kier molecular flexibility index (Phi) is 2.85. The summed E-state index contributed by atoms with van der Waals surface area (Å²) in [7, 11) is 0. The Balaban J connectivity index is 2.85. The maximum Gasteiger partial charge on any atom is 0.0412 e. The summed E-state index contributed by atoms with van der Waals surface area (Å²) >= 11 is 0. The van der Waals surface area contributed by atoms with Crippen LogP contribution in [-0.2, 0) is 6.42 Å². The highest BCUT2D eigenvalue weighted by Gasteiger charge is 2.00. The van der Waals surface area contributed by atoms with Gasteiger partial charge in [-0.05, 0) is 43.9 Å². The lowest BCUT2D eigenvalue weighted by molar-refractivity contribution is 0.633. The van der Waals surface area contributed by atoms with Crippen molar-refractivity contribution >= 4 is 0 Å². The zero-order valence-corrected chi connectivity index (χ0v) is 8.39. The molecule has 0 N–H and O–H groups in total. The quantitative estimate of drug-likeness (QED) is 0.653. The van der Waals surface area contributed by atoms with Gasteiger partial charge in [-0.15, -0.1) is 0 Å². The fraction of sp³-hybridized carbons (Fsp3) is 0.545. The molecule has 0 fully saturated rings. The molecule has 66 valence electrons. The maximum absolute atomic E-state index is 4.47. The SMILES string of the molecule is Cc1cc(C)nc(CC(C)C)c1. The van der Waals surface area contributed by atoms with Gasteiger partial charge in [-0.1, -0.05) is 13.8 Å². The number of hydrogen-bond donors (Lipinski definition) is 0. The highest BCUT2D eigenvalue weighted by Crippen LogP contribution is 2.08. The van der Waals surface area contributed by atoms with Gasteiger partial charge in [0.05, 0.1) is 0 Å². The molecule has 0 aromatic carbocycles. The molecule has 1 heteroatoms. The van der Waals surface area contributed by atoms with Crippen molar-refractivity contribution in [3.8, 4) is 0 Å². The summed E-state index contributed by atoms with van der Waals surface area (Å²) in [5, 5.41) is 0. The minimum Gasteiger partial charge on any atom is -0.258 e. The molecule has 0 aliphatic rings. The molecule has 0 aliphatic carbocycles. The number of aromatic nitrogens is 1. The lowest BCUT2D eigenvalue weighted by atomic mass is 10.1. The van der Waals surface area contributed by atoms with Gasteiger partial charge in [0.15, 0.2) is 0 Å². The number of nitrogens with zero attached hydrogens (tertiary/aromatic N) is 1. The molecule has 0 unspecified atom stereocenters. The van der Waals surface area contributed by atoms with E-state index in [1.54, 1.807) is 0 Å². The van der Waals surface area contributed by atoms with Crippen molar-refractivity contribution in [1.82, 2.24) is 4.98 Å². The second-order valence-corrected chi connectivity index (χ2v) is 3.88. The average Bonchev–Trinajstić information content (AvgIpc) is 1.81. The summed E-state index contributed by atoms with van der Waals surface area (Å²) in [6, 6.07) is 4.29. The van der Waals surface area contributed by atoms with Gasteiger partial charge in [0.1, 0.15) is 0 Å². The molecule has 0 saturated carbocycles. The summed E-state index contributed by atoms with van der Waals surface area (Å²) in [5.41, 5.74) is 3.67. The van der Waals surface area contributed by atoms with Crippen LogP contribution < -0.4 is 0 Å². The molecule has 1 heterocycles. The van der Waals surface area contributed by atoms with Gasteiger partial charge < -0.3 is 0 Å². The fourth-order valence-corrected chi connectivity index (χ4v) is 1.45. The van der Waals surface area contributed by atoms with E-state index < -0.39 is 0 Å². The minimum atomic E-state index is 0.693. The van der Waals surface area contributed by atoms with E-state index in [9.17, 15) is 0 Å². The zero-order valence-electron chi connectivity index (χ0n) is 8.39. The third-order valence-corrected chi connectivity index (χ3v) is 1.77. The van der Waals surface area contributed by atoms with Gasteiger partial charge >= 0.3 is 0 Å². The Hall–Kier alpha value is -0.850. The van der Waals surface area contributed by atoms with Crippen molar-refractivity contribution in [3.05, 3.63) is 29.1 Å². The Morgan fingerprint density at radius 3 is 2.42 bits per heavy atom. The van der Waals surface area contributed by atoms with Crippen LogP contribution in [0.4, 0.5) is 0 Å². The zero-order chi connectivity index (χ0) is 9.14. The molecule has 0 saturated heterocycles. The summed E-state index contributed by atoms with van der Waals surface area (Å²) in [5.74, 6) is 0.693. The van der Waals surface area contributed by atoms with E-state index in [1.165, 1.54) is 11.3 Å². The van der Waals surface area contributed by atoms with Crippen LogP contribution in [0.5, 0.6) is 0 Å². The normalized spacial score (nSPS) is 10.8. The van der Waals surface area contributed by atoms with Crippen LogP contribution in [0.2, 0.25) is 0 Å². The van der Waals surface area contributed by atoms with Crippen molar-refractivity contribution in [2.24, 2.45) is 5.92 Å². The molecule has 0 amide bonds. The molecule has 1 aromatic heterocycles. The Labute approximate surface area is 74.8 Å². The molecule has 1 aromatic rings. The predicted molar refractivity (Wildman–Crippen MR) is 52.3 cm³/mol. The van der Waals surface area contributed by atoms with Gasteiger partial charge in [-0.2, -0.15) is 0 Å². The summed E-state index contributed by atoms with van der Waals surface area (Å²) in [6.45, 7) is 8.62. The van der Waals surface area contributed by atoms with Crippen molar-refractivity contribution in [3.63, 3.8) is 0 Å². The fourth-order valence-electron chi connectivity index (χ4n) is 1.45. The summed E-state index contributed by atoms with van der Waals surface area (Å²) < 4.78 is 0. The maximum atomic E-state index is 4.47. The van der Waals surface area contributed by atoms with Crippen LogP contribution in [0.15, 0.2) is 12.1 Å². The molecule has 0 aliphatic heterocycles. The molecule has 0 bridgehead atoms. The van der Waals surface area contributed by atoms with Gasteiger partial charge in [-0.25, -0.2) is 0 Å². The number of aryl methyl sites for hydroxylation is 2. The molecule has 0 atom stereocenters. The van der Waals surface area contributed by atoms with E-state index in [4.69, 9.17) is 0 Å². The molecule has 1 rings (SSSR count). The first kappa shape index (κ1) is 9.24. The van der Waals surface area contributed by atoms with Gasteiger partial charge in [0.25, 0.3) is 0 Å². The second-order valence-electron chi connectivity index (χ2n) is 3.88. The highest BCUT2D eigenvalue weighted by molar-refractivity contribution is 5.19. The lowest BCUT2D eigenvalue weighted by Crippen LogP contribution is -1.98. The third-order valence-electron chi connectivity index (χ3n) is 1.77. The summed E-state index contributed by atoms with van der Waals surface area (Å²) in [6.07, 6.45) is 1.09. The standard InChI is InChI=1S/C11H17N/c1-8(2)5-11-7-9(3)6-10(4)12-11/h6-8H,5H2,1-4H3. The average molecular weight is 163 g/mol. The van der Waals surface area contributed by atoms with Gasteiger partial charge in [-0.3, -0.25) is 4.98 Å². The monoisotopic (exact) mass is 163 g/mol. The van der Waals surface area contributed by atoms with E-state index >= 15 is 0 Å². The lowest BCUT2D eigenvalue weighted by Gasteiger charge is -2.05. The molecule has 0 spiro atoms. The first-order chi connectivity index (χ1) is 5.58. The van der Waals surface area contributed by atoms with Crippen LogP contribution in [0.25, 0.3) is 0 Å². The van der Waals surface area contributed by atoms with E-state index in [2.05, 4.69) is 44.8 Å². The van der Waals surface area contributed by atoms with E-state index in [0.29, 0.717) is 5.92 Å².